The Morgan fingerprint density at radius 1 is 1.30 bits per heavy atom. The van der Waals surface area contributed by atoms with E-state index < -0.39 is 5.97 Å². The highest BCUT2D eigenvalue weighted by Crippen LogP contribution is 2.37. The monoisotopic (exact) mass is 427 g/mol. The minimum atomic E-state index is -0.841. The average Bonchev–Trinajstić information content (AvgIpc) is 2.96. The minimum absolute atomic E-state index is 0.000441. The van der Waals surface area contributed by atoms with Gasteiger partial charge < -0.3 is 14.8 Å². The van der Waals surface area contributed by atoms with Crippen molar-refractivity contribution in [2.75, 3.05) is 0 Å². The van der Waals surface area contributed by atoms with Crippen LogP contribution in [0.2, 0.25) is 0 Å². The second kappa shape index (κ2) is 7.39. The van der Waals surface area contributed by atoms with E-state index in [1.807, 2.05) is 25.1 Å². The Morgan fingerprint density at radius 2 is 2.11 bits per heavy atom. The number of aliphatic carboxylic acids is 1. The molecule has 3 aromatic rings. The summed E-state index contributed by atoms with van der Waals surface area (Å²) in [6, 6.07) is 9.79. The average molecular weight is 428 g/mol. The summed E-state index contributed by atoms with van der Waals surface area (Å²) in [5.74, 6) is 1.48. The van der Waals surface area contributed by atoms with Crippen molar-refractivity contribution in [3.8, 4) is 11.5 Å². The van der Waals surface area contributed by atoms with E-state index >= 15 is 0 Å². The summed E-state index contributed by atoms with van der Waals surface area (Å²) in [7, 11) is 0. The lowest BCUT2D eigenvalue weighted by atomic mass is 9.81. The molecule has 0 unspecified atom stereocenters. The third-order valence-electron chi connectivity index (χ3n) is 5.34. The molecule has 1 heterocycles. The lowest BCUT2D eigenvalue weighted by molar-refractivity contribution is -0.136. The second-order valence-electron chi connectivity index (χ2n) is 7.42. The zero-order chi connectivity index (χ0) is 19.0. The van der Waals surface area contributed by atoms with Gasteiger partial charge in [0.2, 0.25) is 0 Å². The lowest BCUT2D eigenvalue weighted by Crippen LogP contribution is -2.13. The fraction of sp³-hybridized carbons (Fsp3) is 0.318. The number of aryl methyl sites for hydroxylation is 1. The summed E-state index contributed by atoms with van der Waals surface area (Å²) in [4.78, 5) is 14.3. The van der Waals surface area contributed by atoms with Crippen molar-refractivity contribution in [3.63, 3.8) is 0 Å². The van der Waals surface area contributed by atoms with Gasteiger partial charge in [-0.1, -0.05) is 25.3 Å². The Bertz CT molecular complexity index is 981. The van der Waals surface area contributed by atoms with Crippen LogP contribution in [0.25, 0.3) is 10.9 Å². The number of aromatic amines is 1. The number of nitrogens with one attached hydrogen (secondary N) is 1. The number of rotatable bonds is 6. The molecular formula is C22H22BrNO3. The number of hydrogen-bond donors (Lipinski definition) is 2. The molecule has 1 saturated carbocycles. The molecule has 5 heteroatoms. The van der Waals surface area contributed by atoms with Crippen molar-refractivity contribution < 1.29 is 14.6 Å². The van der Waals surface area contributed by atoms with Crippen molar-refractivity contribution in [3.05, 3.63) is 57.7 Å². The molecule has 0 aliphatic heterocycles. The summed E-state index contributed by atoms with van der Waals surface area (Å²) < 4.78 is 6.94. The van der Waals surface area contributed by atoms with Crippen molar-refractivity contribution in [1.29, 1.82) is 0 Å². The Labute approximate surface area is 166 Å². The maximum atomic E-state index is 11.0. The van der Waals surface area contributed by atoms with Crippen LogP contribution in [0.5, 0.6) is 11.5 Å². The standard InChI is InChI=1S/C22H22BrNO3/c1-13-7-15(10-21(25)26)9-19(23)22(13)27-17-5-6-20-18(11-17)16(12-24-20)8-14-3-2-4-14/h5-7,9,11-12,14,24H,2-4,8,10H2,1H3,(H,25,26). The molecule has 1 aliphatic carbocycles. The molecule has 140 valence electrons. The normalized spacial score (nSPS) is 14.3. The van der Waals surface area contributed by atoms with Gasteiger partial charge in [0.15, 0.2) is 0 Å². The molecule has 0 atom stereocenters. The van der Waals surface area contributed by atoms with Crippen LogP contribution in [0, 0.1) is 12.8 Å². The molecule has 4 rings (SSSR count). The van der Waals surface area contributed by atoms with Crippen LogP contribution in [-0.4, -0.2) is 16.1 Å². The van der Waals surface area contributed by atoms with Crippen molar-refractivity contribution in [2.45, 2.75) is 39.0 Å². The quantitative estimate of drug-likeness (QED) is 0.506. The second-order valence-corrected chi connectivity index (χ2v) is 8.27. The van der Waals surface area contributed by atoms with Gasteiger partial charge >= 0.3 is 5.97 Å². The molecule has 0 amide bonds. The predicted molar refractivity (Wildman–Crippen MR) is 110 cm³/mol. The Hall–Kier alpha value is -2.27. The summed E-state index contributed by atoms with van der Waals surface area (Å²) in [6.07, 6.45) is 7.26. The van der Waals surface area contributed by atoms with Crippen LogP contribution in [0.4, 0.5) is 0 Å². The van der Waals surface area contributed by atoms with E-state index in [0.29, 0.717) is 0 Å². The molecule has 1 fully saturated rings. The SMILES string of the molecule is Cc1cc(CC(=O)O)cc(Br)c1Oc1ccc2[nH]cc(CC3CCC3)c2c1. The van der Waals surface area contributed by atoms with Gasteiger partial charge in [0, 0.05) is 17.1 Å². The van der Waals surface area contributed by atoms with E-state index in [1.54, 1.807) is 0 Å². The number of ether oxygens (including phenoxy) is 1. The number of hydrogen-bond acceptors (Lipinski definition) is 2. The topological polar surface area (TPSA) is 62.3 Å². The molecule has 27 heavy (non-hydrogen) atoms. The fourth-order valence-electron chi connectivity index (χ4n) is 3.72. The Morgan fingerprint density at radius 3 is 2.78 bits per heavy atom. The first kappa shape index (κ1) is 18.1. The number of fused-ring (bicyclic) bond motifs is 1. The van der Waals surface area contributed by atoms with Gasteiger partial charge in [0.05, 0.1) is 10.9 Å². The zero-order valence-corrected chi connectivity index (χ0v) is 16.8. The third kappa shape index (κ3) is 3.88. The highest BCUT2D eigenvalue weighted by molar-refractivity contribution is 9.10. The van der Waals surface area contributed by atoms with E-state index in [4.69, 9.17) is 9.84 Å². The molecule has 2 N–H and O–H groups in total. The van der Waals surface area contributed by atoms with E-state index in [2.05, 4.69) is 39.2 Å². The summed E-state index contributed by atoms with van der Waals surface area (Å²) in [5.41, 5.74) is 4.14. The highest BCUT2D eigenvalue weighted by atomic mass is 79.9. The Balaban J connectivity index is 1.61. The van der Waals surface area contributed by atoms with Crippen molar-refractivity contribution >= 4 is 32.8 Å². The van der Waals surface area contributed by atoms with Gasteiger partial charge in [-0.25, -0.2) is 0 Å². The van der Waals surface area contributed by atoms with E-state index in [0.717, 1.165) is 45.0 Å². The number of H-pyrrole nitrogens is 1. The zero-order valence-electron chi connectivity index (χ0n) is 15.2. The summed E-state index contributed by atoms with van der Waals surface area (Å²) in [6.45, 7) is 1.93. The first-order chi connectivity index (χ1) is 13.0. The third-order valence-corrected chi connectivity index (χ3v) is 5.93. The molecular weight excluding hydrogens is 406 g/mol. The van der Waals surface area contributed by atoms with Gasteiger partial charge in [-0.15, -0.1) is 0 Å². The molecule has 0 saturated heterocycles. The number of benzene rings is 2. The van der Waals surface area contributed by atoms with E-state index in [1.165, 1.54) is 30.2 Å². The first-order valence-corrected chi connectivity index (χ1v) is 10.1. The molecule has 0 spiro atoms. The van der Waals surface area contributed by atoms with Crippen molar-refractivity contribution in [2.24, 2.45) is 5.92 Å². The van der Waals surface area contributed by atoms with Gasteiger partial charge in [0.25, 0.3) is 0 Å². The maximum Gasteiger partial charge on any atom is 0.307 e. The van der Waals surface area contributed by atoms with E-state index in [-0.39, 0.29) is 6.42 Å². The van der Waals surface area contributed by atoms with Crippen LogP contribution in [0.15, 0.2) is 41.0 Å². The number of carboxylic acids is 1. The van der Waals surface area contributed by atoms with Crippen LogP contribution in [0.1, 0.15) is 36.0 Å². The van der Waals surface area contributed by atoms with Gasteiger partial charge in [0.1, 0.15) is 11.5 Å². The van der Waals surface area contributed by atoms with Gasteiger partial charge in [-0.2, -0.15) is 0 Å². The largest absolute Gasteiger partial charge is 0.481 e. The fourth-order valence-corrected chi connectivity index (χ4v) is 4.41. The summed E-state index contributed by atoms with van der Waals surface area (Å²) in [5, 5.41) is 10.2. The molecule has 1 aliphatic rings. The molecule has 0 bridgehead atoms. The Kier molecular flexibility index (Phi) is 4.96. The molecule has 2 aromatic carbocycles. The number of carboxylic acid groups (broad SMARTS) is 1. The predicted octanol–water partition coefficient (Wildman–Crippen LogP) is 6.00. The van der Waals surface area contributed by atoms with Crippen LogP contribution < -0.4 is 4.74 Å². The van der Waals surface area contributed by atoms with Crippen LogP contribution in [-0.2, 0) is 17.6 Å². The number of halogens is 1. The molecule has 0 radical (unpaired) electrons. The summed E-state index contributed by atoms with van der Waals surface area (Å²) >= 11 is 3.53. The highest BCUT2D eigenvalue weighted by Gasteiger charge is 2.19. The molecule has 4 nitrogen and oxygen atoms in total. The van der Waals surface area contributed by atoms with E-state index in [9.17, 15) is 4.79 Å². The first-order valence-electron chi connectivity index (χ1n) is 9.28. The molecule has 1 aromatic heterocycles. The smallest absolute Gasteiger partial charge is 0.307 e. The lowest BCUT2D eigenvalue weighted by Gasteiger charge is -2.24. The van der Waals surface area contributed by atoms with Gasteiger partial charge in [-0.3, -0.25) is 4.79 Å². The number of aromatic nitrogens is 1. The van der Waals surface area contributed by atoms with Gasteiger partial charge in [-0.05, 0) is 76.1 Å². The minimum Gasteiger partial charge on any atom is -0.481 e. The van der Waals surface area contributed by atoms with Crippen LogP contribution in [0.3, 0.4) is 0 Å². The van der Waals surface area contributed by atoms with Crippen LogP contribution >= 0.6 is 15.9 Å². The van der Waals surface area contributed by atoms with Crippen molar-refractivity contribution in [1.82, 2.24) is 4.98 Å². The number of carbonyl (C=O) groups is 1. The maximum absolute atomic E-state index is 11.0.